The predicted molar refractivity (Wildman–Crippen MR) is 98.3 cm³/mol. The number of nitrogens with one attached hydrogen (secondary N) is 1. The summed E-state index contributed by atoms with van der Waals surface area (Å²) in [6.07, 6.45) is 4.14. The van der Waals surface area contributed by atoms with Crippen LogP contribution in [0.3, 0.4) is 0 Å². The van der Waals surface area contributed by atoms with Crippen LogP contribution in [0.2, 0.25) is 0 Å². The zero-order valence-electron chi connectivity index (χ0n) is 14.7. The molecule has 0 aliphatic heterocycles. The summed E-state index contributed by atoms with van der Waals surface area (Å²) >= 11 is 0. The number of hydrogen-bond donors (Lipinski definition) is 1. The van der Waals surface area contributed by atoms with Crippen LogP contribution in [0, 0.1) is 0 Å². The van der Waals surface area contributed by atoms with E-state index in [0.29, 0.717) is 24.7 Å². The van der Waals surface area contributed by atoms with Gasteiger partial charge in [-0.15, -0.1) is 0 Å². The van der Waals surface area contributed by atoms with Crippen molar-refractivity contribution >= 4 is 30.1 Å². The smallest absolute Gasteiger partial charge is 0.333 e. The van der Waals surface area contributed by atoms with Crippen LogP contribution in [0.4, 0.5) is 11.4 Å². The van der Waals surface area contributed by atoms with E-state index < -0.39 is 0 Å². The van der Waals surface area contributed by atoms with Crippen LogP contribution in [-0.4, -0.2) is 39.6 Å². The number of benzene rings is 1. The van der Waals surface area contributed by atoms with Crippen molar-refractivity contribution in [2.24, 2.45) is 4.99 Å². The fourth-order valence-corrected chi connectivity index (χ4v) is 2.68. The van der Waals surface area contributed by atoms with Gasteiger partial charge in [0.05, 0.1) is 18.9 Å². The van der Waals surface area contributed by atoms with Gasteiger partial charge in [0.25, 0.3) is 0 Å². The van der Waals surface area contributed by atoms with E-state index >= 15 is 0 Å². The van der Waals surface area contributed by atoms with E-state index in [1.165, 1.54) is 5.56 Å². The Morgan fingerprint density at radius 3 is 2.79 bits per heavy atom. The molecule has 5 nitrogen and oxygen atoms in total. The summed E-state index contributed by atoms with van der Waals surface area (Å²) in [4.78, 5) is 16.1. The van der Waals surface area contributed by atoms with Gasteiger partial charge in [-0.3, -0.25) is 4.99 Å². The quantitative estimate of drug-likeness (QED) is 0.323. The van der Waals surface area contributed by atoms with Crippen LogP contribution in [-0.2, 0) is 14.3 Å². The van der Waals surface area contributed by atoms with Gasteiger partial charge in [-0.05, 0) is 51.5 Å². The third-order valence-corrected chi connectivity index (χ3v) is 3.98. The van der Waals surface area contributed by atoms with E-state index in [-0.39, 0.29) is 5.97 Å². The highest BCUT2D eigenvalue weighted by atomic mass is 16.5. The van der Waals surface area contributed by atoms with Gasteiger partial charge in [0.15, 0.2) is 0 Å². The molecule has 1 aliphatic carbocycles. The maximum atomic E-state index is 11.9. The summed E-state index contributed by atoms with van der Waals surface area (Å²) in [6.45, 7) is 9.05. The number of hydrogen-bond acceptors (Lipinski definition) is 5. The average Bonchev–Trinajstić information content (AvgIpc) is 3.40. The Balaban J connectivity index is 2.36. The van der Waals surface area contributed by atoms with E-state index in [2.05, 4.69) is 17.0 Å². The van der Waals surface area contributed by atoms with Gasteiger partial charge in [-0.1, -0.05) is 6.07 Å². The normalized spacial score (nSPS) is 14.4. The summed E-state index contributed by atoms with van der Waals surface area (Å²) in [6, 6.07) is 4.01. The first-order chi connectivity index (χ1) is 11.6. The fraction of sp³-hybridized carbons (Fsp3) is 0.474. The third kappa shape index (κ3) is 4.45. The van der Waals surface area contributed by atoms with Crippen molar-refractivity contribution in [3.63, 3.8) is 0 Å². The topological polar surface area (TPSA) is 59.9 Å². The molecular weight excluding hydrogens is 304 g/mol. The summed E-state index contributed by atoms with van der Waals surface area (Å²) in [5.74, 6) is 0.203. The van der Waals surface area contributed by atoms with Crippen LogP contribution in [0.25, 0.3) is 6.08 Å². The molecule has 1 aromatic carbocycles. The standard InChI is InChI=1S/C19H26N2O3/c1-5-24-19(22)13(2)12-15-8-9-16(21-10-11-23-4)17(14-6-7-14)18(15)20-3/h8-9,12,14,21H,3,5-7,10-11H2,1-2,4H3/b13-12+. The Labute approximate surface area is 143 Å². The number of carbonyl (C=O) groups is 1. The second-order valence-electron chi connectivity index (χ2n) is 5.86. The lowest BCUT2D eigenvalue weighted by molar-refractivity contribution is -0.138. The molecule has 1 aliphatic rings. The molecule has 24 heavy (non-hydrogen) atoms. The van der Waals surface area contributed by atoms with Crippen LogP contribution in [0.15, 0.2) is 22.7 Å². The van der Waals surface area contributed by atoms with E-state index in [1.54, 1.807) is 21.0 Å². The molecule has 1 aromatic rings. The summed E-state index contributed by atoms with van der Waals surface area (Å²) in [5, 5.41) is 3.41. The molecule has 0 atom stereocenters. The molecule has 1 fully saturated rings. The zero-order chi connectivity index (χ0) is 17.5. The largest absolute Gasteiger partial charge is 0.463 e. The first-order valence-corrected chi connectivity index (χ1v) is 8.34. The van der Waals surface area contributed by atoms with Crippen molar-refractivity contribution in [3.8, 4) is 0 Å². The van der Waals surface area contributed by atoms with Crippen LogP contribution in [0.5, 0.6) is 0 Å². The van der Waals surface area contributed by atoms with E-state index in [0.717, 1.165) is 36.3 Å². The molecule has 0 aromatic heterocycles. The van der Waals surface area contributed by atoms with Crippen molar-refractivity contribution in [2.45, 2.75) is 32.6 Å². The van der Waals surface area contributed by atoms with Crippen LogP contribution >= 0.6 is 0 Å². The number of aliphatic imine (C=N–C) groups is 1. The van der Waals surface area contributed by atoms with E-state index in [9.17, 15) is 4.79 Å². The summed E-state index contributed by atoms with van der Waals surface area (Å²) in [7, 11) is 1.69. The molecule has 1 saturated carbocycles. The lowest BCUT2D eigenvalue weighted by atomic mass is 9.99. The highest BCUT2D eigenvalue weighted by Crippen LogP contribution is 2.49. The first kappa shape index (κ1) is 18.2. The maximum absolute atomic E-state index is 11.9. The van der Waals surface area contributed by atoms with Gasteiger partial charge in [0, 0.05) is 36.0 Å². The molecular formula is C19H26N2O3. The van der Waals surface area contributed by atoms with Crippen molar-refractivity contribution in [2.75, 3.05) is 32.2 Å². The number of anilines is 1. The molecule has 0 bridgehead atoms. The highest BCUT2D eigenvalue weighted by Gasteiger charge is 2.29. The van der Waals surface area contributed by atoms with E-state index in [1.807, 2.05) is 18.2 Å². The molecule has 0 heterocycles. The summed E-state index contributed by atoms with van der Waals surface area (Å²) in [5.41, 5.74) is 4.57. The first-order valence-electron chi connectivity index (χ1n) is 8.34. The van der Waals surface area contributed by atoms with E-state index in [4.69, 9.17) is 9.47 Å². The van der Waals surface area contributed by atoms with Gasteiger partial charge < -0.3 is 14.8 Å². The number of methoxy groups -OCH3 is 1. The Hall–Kier alpha value is -2.14. The van der Waals surface area contributed by atoms with Crippen molar-refractivity contribution < 1.29 is 14.3 Å². The number of carbonyl (C=O) groups excluding carboxylic acids is 1. The number of rotatable bonds is 9. The fourth-order valence-electron chi connectivity index (χ4n) is 2.68. The zero-order valence-corrected chi connectivity index (χ0v) is 14.7. The molecule has 1 N–H and O–H groups in total. The Kier molecular flexibility index (Phi) is 6.55. The second-order valence-corrected chi connectivity index (χ2v) is 5.86. The second kappa shape index (κ2) is 8.64. The van der Waals surface area contributed by atoms with Crippen molar-refractivity contribution in [1.29, 1.82) is 0 Å². The lowest BCUT2D eigenvalue weighted by Gasteiger charge is -2.16. The van der Waals surface area contributed by atoms with Gasteiger partial charge in [0.1, 0.15) is 0 Å². The monoisotopic (exact) mass is 330 g/mol. The highest BCUT2D eigenvalue weighted by molar-refractivity contribution is 5.94. The minimum Gasteiger partial charge on any atom is -0.463 e. The molecule has 0 saturated heterocycles. The molecule has 0 amide bonds. The predicted octanol–water partition coefficient (Wildman–Crippen LogP) is 3.92. The maximum Gasteiger partial charge on any atom is 0.333 e. The number of ether oxygens (including phenoxy) is 2. The molecule has 0 spiro atoms. The van der Waals surface area contributed by atoms with Crippen molar-refractivity contribution in [1.82, 2.24) is 0 Å². The molecule has 0 unspecified atom stereocenters. The molecule has 0 radical (unpaired) electrons. The Morgan fingerprint density at radius 1 is 1.46 bits per heavy atom. The van der Waals surface area contributed by atoms with Gasteiger partial charge >= 0.3 is 5.97 Å². The van der Waals surface area contributed by atoms with Crippen LogP contribution in [0.1, 0.15) is 43.7 Å². The summed E-state index contributed by atoms with van der Waals surface area (Å²) < 4.78 is 10.2. The number of nitrogens with zero attached hydrogens (tertiary/aromatic N) is 1. The molecule has 5 heteroatoms. The Bertz CT molecular complexity index is 634. The van der Waals surface area contributed by atoms with Gasteiger partial charge in [-0.2, -0.15) is 0 Å². The average molecular weight is 330 g/mol. The minimum absolute atomic E-state index is 0.303. The number of esters is 1. The SMILES string of the molecule is C=Nc1c(/C=C(\C)C(=O)OCC)ccc(NCCOC)c1C1CC1. The Morgan fingerprint density at radius 2 is 2.21 bits per heavy atom. The lowest BCUT2D eigenvalue weighted by Crippen LogP contribution is -2.09. The van der Waals surface area contributed by atoms with Crippen molar-refractivity contribution in [3.05, 3.63) is 28.8 Å². The minimum atomic E-state index is -0.303. The molecule has 130 valence electrons. The third-order valence-electron chi connectivity index (χ3n) is 3.98. The van der Waals surface area contributed by atoms with Gasteiger partial charge in [-0.25, -0.2) is 4.79 Å². The molecule has 2 rings (SSSR count). The van der Waals surface area contributed by atoms with Crippen LogP contribution < -0.4 is 5.32 Å². The van der Waals surface area contributed by atoms with Gasteiger partial charge in [0.2, 0.25) is 0 Å².